The van der Waals surface area contributed by atoms with Gasteiger partial charge in [-0.3, -0.25) is 4.79 Å². The van der Waals surface area contributed by atoms with E-state index in [0.29, 0.717) is 27.3 Å². The number of rotatable bonds is 2. The topological polar surface area (TPSA) is 55.1 Å². The van der Waals surface area contributed by atoms with E-state index in [1.54, 1.807) is 12.1 Å². The SMILES string of the molecule is CC1CC1C(=O)Nc1c(Cl)cc(N)cc1Cl. The molecule has 1 fully saturated rings. The highest BCUT2D eigenvalue weighted by atomic mass is 35.5. The van der Waals surface area contributed by atoms with Crippen molar-refractivity contribution in [2.75, 3.05) is 11.1 Å². The highest BCUT2D eigenvalue weighted by Crippen LogP contribution is 2.40. The fourth-order valence-electron chi connectivity index (χ4n) is 1.62. The number of hydrogen-bond acceptors (Lipinski definition) is 2. The summed E-state index contributed by atoms with van der Waals surface area (Å²) < 4.78 is 0. The zero-order valence-corrected chi connectivity index (χ0v) is 10.3. The van der Waals surface area contributed by atoms with Gasteiger partial charge in [-0.25, -0.2) is 0 Å². The first-order valence-electron chi connectivity index (χ1n) is 5.04. The molecule has 5 heteroatoms. The van der Waals surface area contributed by atoms with Crippen molar-refractivity contribution in [3.05, 3.63) is 22.2 Å². The van der Waals surface area contributed by atoms with E-state index in [9.17, 15) is 4.79 Å². The molecular formula is C11H12Cl2N2O. The van der Waals surface area contributed by atoms with Crippen LogP contribution in [0.25, 0.3) is 0 Å². The molecule has 86 valence electrons. The normalized spacial score (nSPS) is 22.9. The van der Waals surface area contributed by atoms with E-state index in [2.05, 4.69) is 5.32 Å². The van der Waals surface area contributed by atoms with Crippen molar-refractivity contribution in [1.29, 1.82) is 0 Å². The van der Waals surface area contributed by atoms with Crippen molar-refractivity contribution in [2.24, 2.45) is 11.8 Å². The maximum Gasteiger partial charge on any atom is 0.227 e. The Balaban J connectivity index is 2.18. The summed E-state index contributed by atoms with van der Waals surface area (Å²) in [6.07, 6.45) is 0.927. The van der Waals surface area contributed by atoms with Gasteiger partial charge in [-0.1, -0.05) is 30.1 Å². The number of halogens is 2. The van der Waals surface area contributed by atoms with Crippen LogP contribution in [0.4, 0.5) is 11.4 Å². The third-order valence-corrected chi connectivity index (χ3v) is 3.36. The quantitative estimate of drug-likeness (QED) is 0.801. The van der Waals surface area contributed by atoms with Crippen molar-refractivity contribution in [1.82, 2.24) is 0 Å². The summed E-state index contributed by atoms with van der Waals surface area (Å²) in [6.45, 7) is 2.04. The third kappa shape index (κ3) is 2.25. The minimum Gasteiger partial charge on any atom is -0.399 e. The Bertz CT molecular complexity index is 425. The Morgan fingerprint density at radius 2 is 1.94 bits per heavy atom. The molecule has 3 nitrogen and oxygen atoms in total. The molecule has 0 spiro atoms. The minimum atomic E-state index is -0.0268. The number of nitrogen functional groups attached to an aromatic ring is 1. The number of nitrogens with two attached hydrogens (primary N) is 1. The maximum atomic E-state index is 11.7. The van der Waals surface area contributed by atoms with E-state index < -0.39 is 0 Å². The van der Waals surface area contributed by atoms with Crippen LogP contribution in [0.5, 0.6) is 0 Å². The molecule has 0 saturated heterocycles. The molecule has 1 aliphatic rings. The monoisotopic (exact) mass is 258 g/mol. The second kappa shape index (κ2) is 4.15. The van der Waals surface area contributed by atoms with Crippen molar-refractivity contribution < 1.29 is 4.79 Å². The van der Waals surface area contributed by atoms with Gasteiger partial charge in [-0.05, 0) is 24.5 Å². The first kappa shape index (κ1) is 11.6. The van der Waals surface area contributed by atoms with Crippen molar-refractivity contribution >= 4 is 40.5 Å². The van der Waals surface area contributed by atoms with Crippen LogP contribution in [-0.2, 0) is 4.79 Å². The van der Waals surface area contributed by atoms with Crippen LogP contribution in [0.3, 0.4) is 0 Å². The lowest BCUT2D eigenvalue weighted by Crippen LogP contribution is -2.15. The Labute approximate surface area is 104 Å². The molecule has 3 N–H and O–H groups in total. The molecule has 1 amide bonds. The van der Waals surface area contributed by atoms with Crippen molar-refractivity contribution in [3.63, 3.8) is 0 Å². The number of amides is 1. The van der Waals surface area contributed by atoms with Crippen molar-refractivity contribution in [2.45, 2.75) is 13.3 Å². The highest BCUT2D eigenvalue weighted by Gasteiger charge is 2.39. The Hall–Kier alpha value is -0.930. The smallest absolute Gasteiger partial charge is 0.227 e. The van der Waals surface area contributed by atoms with Crippen molar-refractivity contribution in [3.8, 4) is 0 Å². The Morgan fingerprint density at radius 1 is 1.44 bits per heavy atom. The number of hydrogen-bond donors (Lipinski definition) is 2. The summed E-state index contributed by atoms with van der Waals surface area (Å²) >= 11 is 11.9. The van der Waals surface area contributed by atoms with Crippen LogP contribution in [0, 0.1) is 11.8 Å². The maximum absolute atomic E-state index is 11.7. The van der Waals surface area contributed by atoms with Crippen LogP contribution < -0.4 is 11.1 Å². The summed E-state index contributed by atoms with van der Waals surface area (Å²) in [7, 11) is 0. The Morgan fingerprint density at radius 3 is 2.38 bits per heavy atom. The summed E-state index contributed by atoms with van der Waals surface area (Å²) in [4.78, 5) is 11.7. The largest absolute Gasteiger partial charge is 0.399 e. The molecule has 1 aromatic rings. The molecule has 2 atom stereocenters. The Kier molecular flexibility index (Phi) is 3.00. The van der Waals surface area contributed by atoms with E-state index in [4.69, 9.17) is 28.9 Å². The molecule has 2 rings (SSSR count). The van der Waals surface area contributed by atoms with E-state index in [-0.39, 0.29) is 11.8 Å². The molecule has 0 aliphatic heterocycles. The van der Waals surface area contributed by atoms with Gasteiger partial charge >= 0.3 is 0 Å². The van der Waals surface area contributed by atoms with Gasteiger partial charge in [-0.15, -0.1) is 0 Å². The average molecular weight is 259 g/mol. The molecule has 0 aromatic heterocycles. The van der Waals surface area contributed by atoms with Gasteiger partial charge < -0.3 is 11.1 Å². The molecule has 2 unspecified atom stereocenters. The van der Waals surface area contributed by atoms with Crippen LogP contribution in [0.1, 0.15) is 13.3 Å². The second-order valence-electron chi connectivity index (χ2n) is 4.17. The number of nitrogens with one attached hydrogen (secondary N) is 1. The number of carbonyl (C=O) groups excluding carboxylic acids is 1. The molecule has 1 aromatic carbocycles. The summed E-state index contributed by atoms with van der Waals surface area (Å²) in [5, 5.41) is 3.47. The van der Waals surface area contributed by atoms with E-state index in [1.165, 1.54) is 0 Å². The van der Waals surface area contributed by atoms with Gasteiger partial charge in [0.1, 0.15) is 0 Å². The van der Waals surface area contributed by atoms with Gasteiger partial charge in [0.15, 0.2) is 0 Å². The zero-order valence-electron chi connectivity index (χ0n) is 8.76. The minimum absolute atomic E-state index is 0.0268. The van der Waals surface area contributed by atoms with Gasteiger partial charge in [-0.2, -0.15) is 0 Å². The number of anilines is 2. The molecule has 0 bridgehead atoms. The molecular weight excluding hydrogens is 247 g/mol. The van der Waals surface area contributed by atoms with Crippen LogP contribution in [0.2, 0.25) is 10.0 Å². The first-order valence-corrected chi connectivity index (χ1v) is 5.80. The third-order valence-electron chi connectivity index (χ3n) is 2.76. The summed E-state index contributed by atoms with van der Waals surface area (Å²) in [5.74, 6) is 0.511. The summed E-state index contributed by atoms with van der Waals surface area (Å²) in [5.41, 5.74) is 6.50. The van der Waals surface area contributed by atoms with E-state index in [0.717, 1.165) is 6.42 Å². The second-order valence-corrected chi connectivity index (χ2v) is 4.98. The molecule has 1 aliphatic carbocycles. The van der Waals surface area contributed by atoms with Crippen LogP contribution in [0.15, 0.2) is 12.1 Å². The fourth-order valence-corrected chi connectivity index (χ4v) is 2.21. The van der Waals surface area contributed by atoms with E-state index >= 15 is 0 Å². The lowest BCUT2D eigenvalue weighted by atomic mass is 10.2. The van der Waals surface area contributed by atoms with E-state index in [1.807, 2.05) is 6.92 Å². The van der Waals surface area contributed by atoms with Crippen LogP contribution in [-0.4, -0.2) is 5.91 Å². The lowest BCUT2D eigenvalue weighted by molar-refractivity contribution is -0.117. The molecule has 0 heterocycles. The molecule has 0 radical (unpaired) electrons. The number of carbonyl (C=O) groups is 1. The van der Waals surface area contributed by atoms with Gasteiger partial charge in [0.05, 0.1) is 15.7 Å². The molecule has 1 saturated carbocycles. The van der Waals surface area contributed by atoms with Gasteiger partial charge in [0.2, 0.25) is 5.91 Å². The lowest BCUT2D eigenvalue weighted by Gasteiger charge is -2.09. The predicted octanol–water partition coefficient (Wildman–Crippen LogP) is 3.17. The predicted molar refractivity (Wildman–Crippen MR) is 66.8 cm³/mol. The average Bonchev–Trinajstić information content (AvgIpc) is 2.88. The first-order chi connectivity index (χ1) is 7.49. The fraction of sp³-hybridized carbons (Fsp3) is 0.364. The zero-order chi connectivity index (χ0) is 11.9. The van der Waals surface area contributed by atoms with Crippen LogP contribution >= 0.6 is 23.2 Å². The summed E-state index contributed by atoms with van der Waals surface area (Å²) in [6, 6.07) is 3.14. The highest BCUT2D eigenvalue weighted by molar-refractivity contribution is 6.40. The van der Waals surface area contributed by atoms with Gasteiger partial charge in [0, 0.05) is 11.6 Å². The number of benzene rings is 1. The standard InChI is InChI=1S/C11H12Cl2N2O/c1-5-2-7(5)11(16)15-10-8(12)3-6(14)4-9(10)13/h3-5,7H,2,14H2,1H3,(H,15,16). The van der Waals surface area contributed by atoms with Gasteiger partial charge in [0.25, 0.3) is 0 Å². The molecule has 16 heavy (non-hydrogen) atoms.